The molecule has 1 aromatic heterocycles. The Bertz CT molecular complexity index is 850. The highest BCUT2D eigenvalue weighted by Gasteiger charge is 2.21. The zero-order valence-electron chi connectivity index (χ0n) is 13.1. The normalized spacial score (nSPS) is 15.0. The summed E-state index contributed by atoms with van der Waals surface area (Å²) >= 11 is 0. The van der Waals surface area contributed by atoms with E-state index >= 15 is 0 Å². The van der Waals surface area contributed by atoms with E-state index in [1.165, 1.54) is 12.1 Å². The van der Waals surface area contributed by atoms with Gasteiger partial charge in [-0.1, -0.05) is 0 Å². The van der Waals surface area contributed by atoms with E-state index < -0.39 is 21.7 Å². The Morgan fingerprint density at radius 2 is 1.72 bits per heavy atom. The molecule has 10 heteroatoms. The highest BCUT2D eigenvalue weighted by Crippen LogP contribution is 2.13. The fourth-order valence-electron chi connectivity index (χ4n) is 2.22. The molecule has 25 heavy (non-hydrogen) atoms. The topological polar surface area (TPSA) is 101 Å². The van der Waals surface area contributed by atoms with Gasteiger partial charge >= 0.3 is 0 Å². The van der Waals surface area contributed by atoms with E-state index in [1.54, 1.807) is 0 Å². The summed E-state index contributed by atoms with van der Waals surface area (Å²) in [4.78, 5) is 21.7. The van der Waals surface area contributed by atoms with Crippen molar-refractivity contribution in [1.82, 2.24) is 14.7 Å². The van der Waals surface area contributed by atoms with Gasteiger partial charge in [0.15, 0.2) is 0 Å². The second-order valence-electron chi connectivity index (χ2n) is 5.26. The molecule has 1 amide bonds. The van der Waals surface area contributed by atoms with Crippen molar-refractivity contribution in [2.75, 3.05) is 31.2 Å². The lowest BCUT2D eigenvalue weighted by molar-refractivity contribution is 0.0981. The van der Waals surface area contributed by atoms with Crippen LogP contribution < -0.4 is 9.62 Å². The van der Waals surface area contributed by atoms with Crippen LogP contribution in [0.15, 0.2) is 41.6 Å². The monoisotopic (exact) mass is 366 g/mol. The van der Waals surface area contributed by atoms with Gasteiger partial charge in [0, 0.05) is 18.7 Å². The standard InChI is InChI=1S/C15H15FN4O4S/c16-12-3-1-11(2-4-12)14(21)19-25(22,23)13-9-17-15(18-10-13)20-5-7-24-8-6-20/h1-4,9-10H,5-8H2,(H,19,21). The van der Waals surface area contributed by atoms with Crippen LogP contribution >= 0.6 is 0 Å². The van der Waals surface area contributed by atoms with Gasteiger partial charge in [0.2, 0.25) is 5.95 Å². The van der Waals surface area contributed by atoms with Crippen molar-refractivity contribution in [3.63, 3.8) is 0 Å². The van der Waals surface area contributed by atoms with Crippen molar-refractivity contribution < 1.29 is 22.3 Å². The number of halogens is 1. The summed E-state index contributed by atoms with van der Waals surface area (Å²) in [5.74, 6) is -0.990. The molecule has 0 spiro atoms. The average molecular weight is 366 g/mol. The molecular formula is C15H15FN4O4S. The minimum absolute atomic E-state index is 0.0239. The Labute approximate surface area is 143 Å². The quantitative estimate of drug-likeness (QED) is 0.844. The number of carbonyl (C=O) groups excluding carboxylic acids is 1. The molecule has 1 aromatic carbocycles. The molecule has 1 fully saturated rings. The van der Waals surface area contributed by atoms with E-state index in [4.69, 9.17) is 4.74 Å². The molecule has 1 saturated heterocycles. The third-order valence-corrected chi connectivity index (χ3v) is 4.84. The van der Waals surface area contributed by atoms with Crippen molar-refractivity contribution in [2.45, 2.75) is 4.90 Å². The summed E-state index contributed by atoms with van der Waals surface area (Å²) in [7, 11) is -4.13. The lowest BCUT2D eigenvalue weighted by Crippen LogP contribution is -2.37. The maximum absolute atomic E-state index is 12.9. The third kappa shape index (κ3) is 4.09. The first-order valence-corrected chi connectivity index (χ1v) is 8.91. The van der Waals surface area contributed by atoms with Crippen molar-refractivity contribution in [1.29, 1.82) is 0 Å². The van der Waals surface area contributed by atoms with Crippen LogP contribution in [0.25, 0.3) is 0 Å². The summed E-state index contributed by atoms with van der Waals surface area (Å²) in [5.41, 5.74) is 0.0239. The van der Waals surface area contributed by atoms with Crippen LogP contribution in [0, 0.1) is 5.82 Å². The number of hydrogen-bond acceptors (Lipinski definition) is 7. The number of anilines is 1. The van der Waals surface area contributed by atoms with E-state index in [0.29, 0.717) is 32.3 Å². The first-order valence-electron chi connectivity index (χ1n) is 7.43. The molecule has 0 atom stereocenters. The molecule has 132 valence electrons. The van der Waals surface area contributed by atoms with E-state index in [9.17, 15) is 17.6 Å². The Balaban J connectivity index is 1.73. The minimum Gasteiger partial charge on any atom is -0.378 e. The Morgan fingerprint density at radius 1 is 1.12 bits per heavy atom. The van der Waals surface area contributed by atoms with Crippen molar-refractivity contribution in [3.8, 4) is 0 Å². The number of amides is 1. The van der Waals surface area contributed by atoms with Crippen LogP contribution in [-0.4, -0.2) is 50.6 Å². The molecule has 0 unspecified atom stereocenters. The number of benzene rings is 1. The SMILES string of the molecule is O=C(NS(=O)(=O)c1cnc(N2CCOCC2)nc1)c1ccc(F)cc1. The number of nitrogens with zero attached hydrogens (tertiary/aromatic N) is 3. The summed E-state index contributed by atoms with van der Waals surface area (Å²) < 4.78 is 44.5. The molecular weight excluding hydrogens is 351 g/mol. The van der Waals surface area contributed by atoms with E-state index in [0.717, 1.165) is 24.5 Å². The van der Waals surface area contributed by atoms with Crippen LogP contribution in [0.5, 0.6) is 0 Å². The van der Waals surface area contributed by atoms with Crippen molar-refractivity contribution in [2.24, 2.45) is 0 Å². The second-order valence-corrected chi connectivity index (χ2v) is 6.94. The number of nitrogens with one attached hydrogen (secondary N) is 1. The lowest BCUT2D eigenvalue weighted by Gasteiger charge is -2.26. The van der Waals surface area contributed by atoms with Gasteiger partial charge in [0.25, 0.3) is 15.9 Å². The van der Waals surface area contributed by atoms with Gasteiger partial charge in [-0.15, -0.1) is 0 Å². The number of ether oxygens (including phenoxy) is 1. The Kier molecular flexibility index (Phi) is 4.91. The number of aromatic nitrogens is 2. The molecule has 0 bridgehead atoms. The van der Waals surface area contributed by atoms with E-state index in [2.05, 4.69) is 9.97 Å². The van der Waals surface area contributed by atoms with Gasteiger partial charge in [0.1, 0.15) is 10.7 Å². The molecule has 1 N–H and O–H groups in total. The molecule has 8 nitrogen and oxygen atoms in total. The van der Waals surface area contributed by atoms with Crippen LogP contribution in [0.2, 0.25) is 0 Å². The number of carbonyl (C=O) groups is 1. The predicted molar refractivity (Wildman–Crippen MR) is 86.1 cm³/mol. The summed E-state index contributed by atoms with van der Waals surface area (Å²) in [6.45, 7) is 2.34. The smallest absolute Gasteiger partial charge is 0.267 e. The predicted octanol–water partition coefficient (Wildman–Crippen LogP) is 0.571. The van der Waals surface area contributed by atoms with Gasteiger partial charge < -0.3 is 9.64 Å². The van der Waals surface area contributed by atoms with E-state index in [-0.39, 0.29) is 10.5 Å². The van der Waals surface area contributed by atoms with Crippen molar-refractivity contribution >= 4 is 21.9 Å². The summed E-state index contributed by atoms with van der Waals surface area (Å²) in [6, 6.07) is 4.53. The highest BCUT2D eigenvalue weighted by molar-refractivity contribution is 7.90. The largest absolute Gasteiger partial charge is 0.378 e. The number of sulfonamides is 1. The molecule has 3 rings (SSSR count). The molecule has 2 aromatic rings. The summed E-state index contributed by atoms with van der Waals surface area (Å²) in [5, 5.41) is 0. The first kappa shape index (κ1) is 17.2. The first-order chi connectivity index (χ1) is 12.0. The van der Waals surface area contributed by atoms with Crippen LogP contribution in [0.4, 0.5) is 10.3 Å². The third-order valence-electron chi connectivity index (χ3n) is 3.55. The van der Waals surface area contributed by atoms with Gasteiger partial charge in [-0.2, -0.15) is 0 Å². The number of hydrogen-bond donors (Lipinski definition) is 1. The molecule has 2 heterocycles. The van der Waals surface area contributed by atoms with Crippen LogP contribution in [0.1, 0.15) is 10.4 Å². The number of morpholine rings is 1. The number of rotatable bonds is 4. The zero-order chi connectivity index (χ0) is 17.9. The fraction of sp³-hybridized carbons (Fsp3) is 0.267. The average Bonchev–Trinajstić information content (AvgIpc) is 2.63. The molecule has 0 saturated carbocycles. The molecule has 1 aliphatic rings. The maximum atomic E-state index is 12.9. The maximum Gasteiger partial charge on any atom is 0.267 e. The zero-order valence-corrected chi connectivity index (χ0v) is 13.9. The summed E-state index contributed by atoms with van der Waals surface area (Å²) in [6.07, 6.45) is 2.27. The Morgan fingerprint density at radius 3 is 2.32 bits per heavy atom. The van der Waals surface area contributed by atoms with Crippen LogP contribution in [0.3, 0.4) is 0 Å². The Hall–Kier alpha value is -2.59. The molecule has 0 aliphatic carbocycles. The minimum atomic E-state index is -4.13. The molecule has 1 aliphatic heterocycles. The van der Waals surface area contributed by atoms with Gasteiger partial charge in [0.05, 0.1) is 25.6 Å². The lowest BCUT2D eigenvalue weighted by atomic mass is 10.2. The van der Waals surface area contributed by atoms with Gasteiger partial charge in [-0.3, -0.25) is 4.79 Å². The van der Waals surface area contributed by atoms with Crippen LogP contribution in [-0.2, 0) is 14.8 Å². The van der Waals surface area contributed by atoms with E-state index in [1.807, 2.05) is 9.62 Å². The van der Waals surface area contributed by atoms with Gasteiger partial charge in [-0.05, 0) is 24.3 Å². The molecule has 0 radical (unpaired) electrons. The van der Waals surface area contributed by atoms with Gasteiger partial charge in [-0.25, -0.2) is 27.5 Å². The van der Waals surface area contributed by atoms with Crippen molar-refractivity contribution in [3.05, 3.63) is 48.0 Å². The fourth-order valence-corrected chi connectivity index (χ4v) is 3.08. The highest BCUT2D eigenvalue weighted by atomic mass is 32.2. The second kappa shape index (κ2) is 7.11.